The molecular weight excluding hydrogens is 724 g/mol. The fourth-order valence-corrected chi connectivity index (χ4v) is 7.07. The van der Waals surface area contributed by atoms with E-state index < -0.39 is 5.25 Å². The van der Waals surface area contributed by atoms with Crippen LogP contribution in [0.5, 0.6) is 23.0 Å². The maximum atomic E-state index is 13.2. The number of halogens is 1. The number of carbonyl (C=O) groups excluding carboxylic acids is 3. The molecule has 2 heterocycles. The van der Waals surface area contributed by atoms with Crippen molar-refractivity contribution in [1.29, 1.82) is 0 Å². The fourth-order valence-electron chi connectivity index (χ4n) is 6.22. The van der Waals surface area contributed by atoms with Crippen LogP contribution >= 0.6 is 24.2 Å². The summed E-state index contributed by atoms with van der Waals surface area (Å²) in [5.74, 6) is 2.65. The Balaban J connectivity index is 0.00000561. The molecule has 0 bridgehead atoms. The molecule has 1 aromatic heterocycles. The highest BCUT2D eigenvalue weighted by molar-refractivity contribution is 8.15. The third-order valence-electron chi connectivity index (χ3n) is 9.27. The molecule has 0 saturated carbocycles. The summed E-state index contributed by atoms with van der Waals surface area (Å²) in [5, 5.41) is 15.7. The van der Waals surface area contributed by atoms with Crippen molar-refractivity contribution < 1.29 is 29.0 Å². The molecule has 4 aromatic carbocycles. The highest BCUT2D eigenvalue weighted by atomic mass is 35.5. The number of hydrogen-bond acceptors (Lipinski definition) is 8. The first-order valence-electron chi connectivity index (χ1n) is 17.7. The number of rotatable bonds is 11. The number of imidazole rings is 1. The number of aromatic hydroxyl groups is 1. The number of fused-ring (bicyclic) bond motifs is 1. The van der Waals surface area contributed by atoms with E-state index in [-0.39, 0.29) is 52.6 Å². The van der Waals surface area contributed by atoms with E-state index in [2.05, 4.69) is 10.6 Å². The lowest BCUT2D eigenvalue weighted by atomic mass is 9.78. The molecule has 1 aliphatic rings. The first kappa shape index (κ1) is 40.2. The summed E-state index contributed by atoms with van der Waals surface area (Å²) in [6, 6.07) is 24.7. The number of nitrogens with zero attached hydrogens (tertiary/aromatic N) is 2. The number of hydrogen-bond donors (Lipinski definition) is 3. The lowest BCUT2D eigenvalue weighted by Gasteiger charge is -2.28. The molecule has 1 unspecified atom stereocenters. The van der Waals surface area contributed by atoms with Crippen LogP contribution in [0.4, 0.5) is 4.79 Å². The predicted molar refractivity (Wildman–Crippen MR) is 215 cm³/mol. The van der Waals surface area contributed by atoms with Gasteiger partial charge in [0.15, 0.2) is 0 Å². The molecule has 1 aliphatic heterocycles. The van der Waals surface area contributed by atoms with Crippen molar-refractivity contribution >= 4 is 52.3 Å². The molecule has 54 heavy (non-hydrogen) atoms. The number of phenolic OH excluding ortho intramolecular Hbond substituents is 1. The van der Waals surface area contributed by atoms with Gasteiger partial charge >= 0.3 is 0 Å². The second-order valence-electron chi connectivity index (χ2n) is 15.4. The van der Waals surface area contributed by atoms with Gasteiger partial charge in [0.25, 0.3) is 11.1 Å². The number of phenols is 1. The minimum atomic E-state index is -0.405. The Morgan fingerprint density at radius 3 is 2.06 bits per heavy atom. The van der Waals surface area contributed by atoms with E-state index in [9.17, 15) is 19.5 Å². The summed E-state index contributed by atoms with van der Waals surface area (Å²) in [6.45, 7) is 12.9. The van der Waals surface area contributed by atoms with Crippen LogP contribution in [0.15, 0.2) is 78.9 Å². The van der Waals surface area contributed by atoms with Gasteiger partial charge in [-0.15, -0.1) is 12.4 Å². The zero-order valence-corrected chi connectivity index (χ0v) is 33.2. The van der Waals surface area contributed by atoms with Crippen LogP contribution in [0.3, 0.4) is 0 Å². The number of aromatic nitrogens is 2. The van der Waals surface area contributed by atoms with E-state index in [0.29, 0.717) is 42.2 Å². The molecule has 1 fully saturated rings. The molecule has 1 saturated heterocycles. The van der Waals surface area contributed by atoms with Crippen molar-refractivity contribution in [2.45, 2.75) is 77.1 Å². The van der Waals surface area contributed by atoms with Gasteiger partial charge in [0.05, 0.1) is 16.3 Å². The molecule has 3 amide bonds. The average molecular weight is 771 g/mol. The fraction of sp³-hybridized carbons (Fsp3) is 0.333. The summed E-state index contributed by atoms with van der Waals surface area (Å²) in [7, 11) is 1.94. The summed E-state index contributed by atoms with van der Waals surface area (Å²) in [6.07, 6.45) is 1.13. The summed E-state index contributed by atoms with van der Waals surface area (Å²) in [4.78, 5) is 41.3. The Hall–Kier alpha value is -5.00. The van der Waals surface area contributed by atoms with Crippen LogP contribution < -0.4 is 20.1 Å². The molecule has 0 spiro atoms. The van der Waals surface area contributed by atoms with Crippen LogP contribution in [-0.2, 0) is 42.1 Å². The minimum absolute atomic E-state index is 0. The third-order valence-corrected chi connectivity index (χ3v) is 10.3. The van der Waals surface area contributed by atoms with Crippen molar-refractivity contribution in [2.24, 2.45) is 7.05 Å². The highest BCUT2D eigenvalue weighted by Gasteiger charge is 2.31. The van der Waals surface area contributed by atoms with Crippen molar-refractivity contribution in [3.05, 3.63) is 113 Å². The lowest BCUT2D eigenvalue weighted by Crippen LogP contribution is -2.27. The van der Waals surface area contributed by atoms with Crippen molar-refractivity contribution in [1.82, 2.24) is 20.2 Å². The standard InChI is InChI=1S/C42H46N4O6S.ClH/c1-41(2,3)31-21-27(22-32(37(31)47)42(4,5)6)38(48)43-19-18-25-8-14-29(15-9-25)52-30-16-17-33-34(23-30)46(7)36(44-33)24-51-28-12-10-26(11-13-28)20-35-39(49)45-40(50)53-35;/h8-17,21-23,35,47H,18-20,24H2,1-7H3,(H,43,48)(H,45,49,50);1H. The van der Waals surface area contributed by atoms with Gasteiger partial charge in [-0.05, 0) is 83.3 Å². The van der Waals surface area contributed by atoms with E-state index in [1.807, 2.05) is 120 Å². The molecule has 0 radical (unpaired) electrons. The number of benzene rings is 4. The van der Waals surface area contributed by atoms with Gasteiger partial charge in [-0.25, -0.2) is 4.98 Å². The monoisotopic (exact) mass is 770 g/mol. The van der Waals surface area contributed by atoms with Crippen LogP contribution in [0.1, 0.15) is 80.0 Å². The average Bonchev–Trinajstić information content (AvgIpc) is 3.59. The van der Waals surface area contributed by atoms with Crippen molar-refractivity contribution in [2.75, 3.05) is 6.54 Å². The van der Waals surface area contributed by atoms with Crippen LogP contribution in [0.25, 0.3) is 11.0 Å². The van der Waals surface area contributed by atoms with Gasteiger partial charge in [0.2, 0.25) is 5.91 Å². The van der Waals surface area contributed by atoms with Crippen LogP contribution in [0, 0.1) is 0 Å². The quantitative estimate of drug-likeness (QED) is 0.122. The number of imide groups is 1. The molecule has 3 N–H and O–H groups in total. The Morgan fingerprint density at radius 2 is 1.46 bits per heavy atom. The number of aryl methyl sites for hydroxylation is 1. The van der Waals surface area contributed by atoms with E-state index in [4.69, 9.17) is 14.5 Å². The van der Waals surface area contributed by atoms with E-state index >= 15 is 0 Å². The molecule has 0 aliphatic carbocycles. The Morgan fingerprint density at radius 1 is 0.870 bits per heavy atom. The molecular formula is C42H47ClN4O6S. The third kappa shape index (κ3) is 9.37. The summed E-state index contributed by atoms with van der Waals surface area (Å²) < 4.78 is 14.2. The van der Waals surface area contributed by atoms with Gasteiger partial charge in [0.1, 0.15) is 35.4 Å². The van der Waals surface area contributed by atoms with Gasteiger partial charge in [0, 0.05) is 36.3 Å². The van der Waals surface area contributed by atoms with Crippen LogP contribution in [-0.4, -0.2) is 43.5 Å². The highest BCUT2D eigenvalue weighted by Crippen LogP contribution is 2.40. The van der Waals surface area contributed by atoms with E-state index in [0.717, 1.165) is 50.9 Å². The number of thioether (sulfide) groups is 1. The minimum Gasteiger partial charge on any atom is -0.507 e. The summed E-state index contributed by atoms with van der Waals surface area (Å²) >= 11 is 1.02. The van der Waals surface area contributed by atoms with Gasteiger partial charge < -0.3 is 24.5 Å². The normalized spacial score (nSPS) is 14.5. The second-order valence-corrected chi connectivity index (χ2v) is 16.6. The van der Waals surface area contributed by atoms with Crippen LogP contribution in [0.2, 0.25) is 0 Å². The van der Waals surface area contributed by atoms with E-state index in [1.54, 1.807) is 12.1 Å². The largest absolute Gasteiger partial charge is 0.507 e. The molecule has 6 rings (SSSR count). The first-order valence-corrected chi connectivity index (χ1v) is 18.5. The van der Waals surface area contributed by atoms with Gasteiger partial charge in [-0.3, -0.25) is 19.7 Å². The van der Waals surface area contributed by atoms with Crippen molar-refractivity contribution in [3.63, 3.8) is 0 Å². The molecule has 284 valence electrons. The van der Waals surface area contributed by atoms with Gasteiger partial charge in [-0.1, -0.05) is 77.6 Å². The Kier molecular flexibility index (Phi) is 12.0. The number of carbonyl (C=O) groups is 3. The maximum absolute atomic E-state index is 13.2. The number of nitrogens with one attached hydrogen (secondary N) is 2. The first-order chi connectivity index (χ1) is 25.0. The molecule has 5 aromatic rings. The van der Waals surface area contributed by atoms with E-state index in [1.165, 1.54) is 0 Å². The van der Waals surface area contributed by atoms with Gasteiger partial charge in [-0.2, -0.15) is 0 Å². The zero-order chi connectivity index (χ0) is 38.1. The molecule has 1 atom stereocenters. The Labute approximate surface area is 326 Å². The summed E-state index contributed by atoms with van der Waals surface area (Å²) in [5.41, 5.74) is 5.18. The maximum Gasteiger partial charge on any atom is 0.286 e. The number of ether oxygens (including phenoxy) is 2. The Bertz CT molecular complexity index is 2130. The predicted octanol–water partition coefficient (Wildman–Crippen LogP) is 8.53. The smallest absolute Gasteiger partial charge is 0.286 e. The topological polar surface area (TPSA) is 132 Å². The second kappa shape index (κ2) is 16.2. The zero-order valence-electron chi connectivity index (χ0n) is 31.6. The van der Waals surface area contributed by atoms with Crippen molar-refractivity contribution in [3.8, 4) is 23.0 Å². The molecule has 10 nitrogen and oxygen atoms in total. The molecule has 12 heteroatoms. The number of amides is 3. The lowest BCUT2D eigenvalue weighted by molar-refractivity contribution is -0.118. The SMILES string of the molecule is Cl.Cn1c(COc2ccc(CC3SC(=O)NC3=O)cc2)nc2ccc(Oc3ccc(CCNC(=O)c4cc(C(C)(C)C)c(O)c(C(C)(C)C)c4)cc3)cc21.